The molecule has 8 heteroatoms. The maximum absolute atomic E-state index is 13.2. The number of amides is 2. The van der Waals surface area contributed by atoms with Crippen LogP contribution in [0.2, 0.25) is 0 Å². The quantitative estimate of drug-likeness (QED) is 0.124. The molecule has 0 bridgehead atoms. The summed E-state index contributed by atoms with van der Waals surface area (Å²) in [5.74, 6) is -1.45. The highest BCUT2D eigenvalue weighted by Crippen LogP contribution is 2.21. The number of benzene rings is 4. The fraction of sp³-hybridized carbons (Fsp3) is 0. The standard InChI is InChI=1S/C31H23N3O5/c35-29(20-15-22-9-3-1-4-10-22)23-16-18-26(19-17-23)32-31(37)27(33-30(36)24-11-5-2-6-12-24)21-25-13-7-8-14-28(25)34(38)39/h1-21H,(H,32,37)(H,33,36)/b20-15+,27-21-. The summed E-state index contributed by atoms with van der Waals surface area (Å²) in [5.41, 5.74) is 1.73. The van der Waals surface area contributed by atoms with Crippen molar-refractivity contribution >= 4 is 41.1 Å². The SMILES string of the molecule is O=C(Nc1ccc(C(=O)/C=C/c2ccccc2)cc1)/C(=C/c1ccccc1[N+](=O)[O-])NC(=O)c1ccccc1. The number of para-hydroxylation sites is 1. The van der Waals surface area contributed by atoms with Crippen molar-refractivity contribution in [3.05, 3.63) is 153 Å². The number of anilines is 1. The van der Waals surface area contributed by atoms with Gasteiger partial charge in [-0.2, -0.15) is 0 Å². The van der Waals surface area contributed by atoms with Crippen molar-refractivity contribution in [2.75, 3.05) is 5.32 Å². The number of nitrogens with one attached hydrogen (secondary N) is 2. The summed E-state index contributed by atoms with van der Waals surface area (Å²) < 4.78 is 0. The number of hydrogen-bond donors (Lipinski definition) is 2. The molecule has 4 aromatic carbocycles. The van der Waals surface area contributed by atoms with Gasteiger partial charge in [0.2, 0.25) is 0 Å². The molecule has 4 aromatic rings. The van der Waals surface area contributed by atoms with Crippen molar-refractivity contribution in [2.24, 2.45) is 0 Å². The number of rotatable bonds is 9. The molecule has 0 saturated heterocycles. The van der Waals surface area contributed by atoms with Gasteiger partial charge in [0.25, 0.3) is 17.5 Å². The number of nitrogens with zero attached hydrogens (tertiary/aromatic N) is 1. The minimum absolute atomic E-state index is 0.146. The minimum Gasteiger partial charge on any atom is -0.321 e. The normalized spacial score (nSPS) is 11.1. The van der Waals surface area contributed by atoms with Crippen molar-refractivity contribution in [3.8, 4) is 0 Å². The lowest BCUT2D eigenvalue weighted by Crippen LogP contribution is -2.30. The molecule has 0 aromatic heterocycles. The summed E-state index contributed by atoms with van der Waals surface area (Å²) in [6.45, 7) is 0. The zero-order valence-corrected chi connectivity index (χ0v) is 20.6. The molecule has 2 N–H and O–H groups in total. The molecule has 8 nitrogen and oxygen atoms in total. The summed E-state index contributed by atoms with van der Waals surface area (Å²) in [6, 6.07) is 29.8. The first-order valence-electron chi connectivity index (χ1n) is 11.9. The van der Waals surface area contributed by atoms with E-state index in [2.05, 4.69) is 10.6 Å². The Morgan fingerprint density at radius 2 is 1.33 bits per heavy atom. The summed E-state index contributed by atoms with van der Waals surface area (Å²) in [4.78, 5) is 49.4. The average Bonchev–Trinajstić information content (AvgIpc) is 2.97. The number of ketones is 1. The van der Waals surface area contributed by atoms with Crippen molar-refractivity contribution in [2.45, 2.75) is 0 Å². The Morgan fingerprint density at radius 1 is 0.718 bits per heavy atom. The summed E-state index contributed by atoms with van der Waals surface area (Å²) in [5, 5.41) is 16.7. The third-order valence-electron chi connectivity index (χ3n) is 5.62. The van der Waals surface area contributed by atoms with E-state index in [0.29, 0.717) is 16.8 Å². The van der Waals surface area contributed by atoms with Crippen molar-refractivity contribution < 1.29 is 19.3 Å². The van der Waals surface area contributed by atoms with E-state index < -0.39 is 16.7 Å². The van der Waals surface area contributed by atoms with Crippen LogP contribution in [0.15, 0.2) is 121 Å². The Labute approximate surface area is 224 Å². The van der Waals surface area contributed by atoms with E-state index in [1.807, 2.05) is 30.3 Å². The Balaban J connectivity index is 1.55. The average molecular weight is 518 g/mol. The molecule has 0 saturated carbocycles. The van der Waals surface area contributed by atoms with Gasteiger partial charge in [-0.1, -0.05) is 66.7 Å². The van der Waals surface area contributed by atoms with Gasteiger partial charge in [0.15, 0.2) is 5.78 Å². The van der Waals surface area contributed by atoms with Crippen LogP contribution in [0.1, 0.15) is 31.8 Å². The Morgan fingerprint density at radius 3 is 2.00 bits per heavy atom. The highest BCUT2D eigenvalue weighted by atomic mass is 16.6. The highest BCUT2D eigenvalue weighted by molar-refractivity contribution is 6.11. The molecule has 0 atom stereocenters. The number of allylic oxidation sites excluding steroid dienone is 1. The fourth-order valence-corrected chi connectivity index (χ4v) is 3.62. The molecule has 0 heterocycles. The lowest BCUT2D eigenvalue weighted by molar-refractivity contribution is -0.385. The van der Waals surface area contributed by atoms with Crippen LogP contribution in [0.25, 0.3) is 12.2 Å². The van der Waals surface area contributed by atoms with E-state index in [4.69, 9.17) is 0 Å². The number of nitro benzene ring substituents is 1. The highest BCUT2D eigenvalue weighted by Gasteiger charge is 2.18. The molecule has 0 radical (unpaired) electrons. The van der Waals surface area contributed by atoms with E-state index in [1.165, 1.54) is 30.4 Å². The Hall–Kier alpha value is -5.63. The van der Waals surface area contributed by atoms with E-state index in [-0.39, 0.29) is 22.7 Å². The van der Waals surface area contributed by atoms with Crippen LogP contribution < -0.4 is 10.6 Å². The van der Waals surface area contributed by atoms with Gasteiger partial charge in [0.1, 0.15) is 5.70 Å². The third-order valence-corrected chi connectivity index (χ3v) is 5.62. The number of hydrogen-bond acceptors (Lipinski definition) is 5. The second-order valence-electron chi connectivity index (χ2n) is 8.33. The molecule has 0 spiro atoms. The summed E-state index contributed by atoms with van der Waals surface area (Å²) in [6.07, 6.45) is 4.43. The van der Waals surface area contributed by atoms with Crippen molar-refractivity contribution in [1.82, 2.24) is 5.32 Å². The molecular weight excluding hydrogens is 494 g/mol. The van der Waals surface area contributed by atoms with Crippen LogP contribution in [0, 0.1) is 10.1 Å². The maximum atomic E-state index is 13.2. The molecule has 0 aliphatic heterocycles. The molecule has 39 heavy (non-hydrogen) atoms. The van der Waals surface area contributed by atoms with Gasteiger partial charge in [0.05, 0.1) is 10.5 Å². The number of nitro groups is 1. The van der Waals surface area contributed by atoms with Gasteiger partial charge in [-0.05, 0) is 60.2 Å². The van der Waals surface area contributed by atoms with Gasteiger partial charge in [0, 0.05) is 22.9 Å². The first-order chi connectivity index (χ1) is 18.9. The van der Waals surface area contributed by atoms with Crippen LogP contribution in [0.5, 0.6) is 0 Å². The monoisotopic (exact) mass is 517 g/mol. The van der Waals surface area contributed by atoms with Crippen molar-refractivity contribution in [3.63, 3.8) is 0 Å². The van der Waals surface area contributed by atoms with Gasteiger partial charge < -0.3 is 10.6 Å². The lowest BCUT2D eigenvalue weighted by atomic mass is 10.1. The zero-order valence-electron chi connectivity index (χ0n) is 20.6. The van der Waals surface area contributed by atoms with Gasteiger partial charge in [-0.3, -0.25) is 24.5 Å². The second-order valence-corrected chi connectivity index (χ2v) is 8.33. The molecule has 0 fully saturated rings. The van der Waals surface area contributed by atoms with E-state index in [0.717, 1.165) is 5.56 Å². The van der Waals surface area contributed by atoms with E-state index in [1.54, 1.807) is 66.7 Å². The van der Waals surface area contributed by atoms with Crippen LogP contribution in [-0.4, -0.2) is 22.5 Å². The number of carbonyl (C=O) groups excluding carboxylic acids is 3. The van der Waals surface area contributed by atoms with Gasteiger partial charge >= 0.3 is 0 Å². The largest absolute Gasteiger partial charge is 0.321 e. The fourth-order valence-electron chi connectivity index (χ4n) is 3.62. The van der Waals surface area contributed by atoms with Crippen LogP contribution in [0.4, 0.5) is 11.4 Å². The second kappa shape index (κ2) is 12.6. The van der Waals surface area contributed by atoms with Gasteiger partial charge in [-0.15, -0.1) is 0 Å². The minimum atomic E-state index is -0.694. The van der Waals surface area contributed by atoms with E-state index in [9.17, 15) is 24.5 Å². The molecular formula is C31H23N3O5. The van der Waals surface area contributed by atoms with Crippen molar-refractivity contribution in [1.29, 1.82) is 0 Å². The smallest absolute Gasteiger partial charge is 0.276 e. The Kier molecular flexibility index (Phi) is 8.51. The first kappa shape index (κ1) is 26.4. The third kappa shape index (κ3) is 7.21. The predicted octanol–water partition coefficient (Wildman–Crippen LogP) is 5.90. The Bertz CT molecular complexity index is 1560. The number of carbonyl (C=O) groups is 3. The zero-order chi connectivity index (χ0) is 27.6. The molecule has 2 amide bonds. The first-order valence-corrected chi connectivity index (χ1v) is 11.9. The van der Waals surface area contributed by atoms with Gasteiger partial charge in [-0.25, -0.2) is 0 Å². The molecule has 0 unspecified atom stereocenters. The maximum Gasteiger partial charge on any atom is 0.276 e. The van der Waals surface area contributed by atoms with Crippen LogP contribution >= 0.6 is 0 Å². The molecule has 4 rings (SSSR count). The molecule has 0 aliphatic carbocycles. The molecule has 0 aliphatic rings. The van der Waals surface area contributed by atoms with Crippen LogP contribution in [0.3, 0.4) is 0 Å². The van der Waals surface area contributed by atoms with E-state index >= 15 is 0 Å². The topological polar surface area (TPSA) is 118 Å². The predicted molar refractivity (Wildman–Crippen MR) is 150 cm³/mol. The lowest BCUT2D eigenvalue weighted by Gasteiger charge is -2.12. The van der Waals surface area contributed by atoms with Crippen LogP contribution in [-0.2, 0) is 4.79 Å². The molecule has 192 valence electrons. The summed E-state index contributed by atoms with van der Waals surface area (Å²) in [7, 11) is 0. The summed E-state index contributed by atoms with van der Waals surface area (Å²) >= 11 is 0.